The maximum atomic E-state index is 12.0. The van der Waals surface area contributed by atoms with Crippen LogP contribution in [0, 0.1) is 11.8 Å². The van der Waals surface area contributed by atoms with Crippen LogP contribution in [-0.2, 0) is 13.6 Å². The van der Waals surface area contributed by atoms with Gasteiger partial charge >= 0.3 is 5.69 Å². The number of hydrogen-bond donors (Lipinski definition) is 1. The fraction of sp³-hybridized carbons (Fsp3) is 0.250. The number of hydrogen-bond acceptors (Lipinski definition) is 3. The van der Waals surface area contributed by atoms with E-state index in [2.05, 4.69) is 11.8 Å². The van der Waals surface area contributed by atoms with Gasteiger partial charge in [-0.25, -0.2) is 4.79 Å². The average molecular weight is 284 g/mol. The molecule has 0 saturated carbocycles. The van der Waals surface area contributed by atoms with Gasteiger partial charge in [-0.2, -0.15) is 0 Å². The SMILES string of the molecule is Cn1ccc(=O)n(Cc2ccccc2C#CCCO)c1=O. The van der Waals surface area contributed by atoms with Crippen molar-refractivity contribution in [1.29, 1.82) is 0 Å². The lowest BCUT2D eigenvalue weighted by Crippen LogP contribution is -2.38. The quantitative estimate of drug-likeness (QED) is 0.826. The molecule has 0 radical (unpaired) electrons. The van der Waals surface area contributed by atoms with Gasteiger partial charge in [-0.05, 0) is 11.6 Å². The molecule has 0 atom stereocenters. The van der Waals surface area contributed by atoms with E-state index >= 15 is 0 Å². The van der Waals surface area contributed by atoms with Gasteiger partial charge in [0.15, 0.2) is 0 Å². The van der Waals surface area contributed by atoms with Gasteiger partial charge in [-0.15, -0.1) is 0 Å². The lowest BCUT2D eigenvalue weighted by atomic mass is 10.1. The van der Waals surface area contributed by atoms with Crippen LogP contribution in [0.15, 0.2) is 46.1 Å². The van der Waals surface area contributed by atoms with E-state index < -0.39 is 0 Å². The summed E-state index contributed by atoms with van der Waals surface area (Å²) in [5.41, 5.74) is 0.855. The van der Waals surface area contributed by atoms with Gasteiger partial charge in [0.2, 0.25) is 0 Å². The summed E-state index contributed by atoms with van der Waals surface area (Å²) in [4.78, 5) is 23.9. The Morgan fingerprint density at radius 3 is 2.71 bits per heavy atom. The molecule has 2 aromatic rings. The maximum Gasteiger partial charge on any atom is 0.331 e. The molecule has 0 fully saturated rings. The van der Waals surface area contributed by atoms with E-state index in [4.69, 9.17) is 5.11 Å². The first-order chi connectivity index (χ1) is 10.1. The van der Waals surface area contributed by atoms with Crippen molar-refractivity contribution < 1.29 is 5.11 Å². The molecule has 5 nitrogen and oxygen atoms in total. The summed E-state index contributed by atoms with van der Waals surface area (Å²) in [6.07, 6.45) is 1.84. The summed E-state index contributed by atoms with van der Waals surface area (Å²) in [7, 11) is 1.60. The Labute approximate surface area is 122 Å². The molecule has 1 N–H and O–H groups in total. The predicted octanol–water partition coefficient (Wildman–Crippen LogP) is 0.329. The fourth-order valence-electron chi connectivity index (χ4n) is 1.92. The Balaban J connectivity index is 2.42. The van der Waals surface area contributed by atoms with Gasteiger partial charge in [-0.1, -0.05) is 30.0 Å². The second kappa shape index (κ2) is 6.73. The molecule has 0 aliphatic carbocycles. The van der Waals surface area contributed by atoms with E-state index in [0.717, 1.165) is 11.1 Å². The Morgan fingerprint density at radius 2 is 1.95 bits per heavy atom. The second-order valence-electron chi connectivity index (χ2n) is 4.57. The summed E-state index contributed by atoms with van der Waals surface area (Å²) >= 11 is 0. The van der Waals surface area contributed by atoms with E-state index in [1.165, 1.54) is 21.4 Å². The summed E-state index contributed by atoms with van der Waals surface area (Å²) in [5.74, 6) is 5.80. The van der Waals surface area contributed by atoms with E-state index in [0.29, 0.717) is 6.42 Å². The molecule has 108 valence electrons. The Morgan fingerprint density at radius 1 is 1.19 bits per heavy atom. The standard InChI is InChI=1S/C16H16N2O3/c1-17-10-9-15(20)18(16(17)21)12-14-8-3-2-6-13(14)7-4-5-11-19/h2-3,6,8-10,19H,5,11-12H2,1H3. The van der Waals surface area contributed by atoms with Crippen LogP contribution in [-0.4, -0.2) is 20.8 Å². The van der Waals surface area contributed by atoms with Crippen LogP contribution < -0.4 is 11.2 Å². The molecule has 1 heterocycles. The first kappa shape index (κ1) is 14.8. The monoisotopic (exact) mass is 284 g/mol. The van der Waals surface area contributed by atoms with Crippen LogP contribution in [0.5, 0.6) is 0 Å². The van der Waals surface area contributed by atoms with E-state index in [1.54, 1.807) is 7.05 Å². The van der Waals surface area contributed by atoms with Gasteiger partial charge in [-0.3, -0.25) is 9.36 Å². The van der Waals surface area contributed by atoms with Crippen LogP contribution in [0.3, 0.4) is 0 Å². The Kier molecular flexibility index (Phi) is 4.75. The molecule has 1 aromatic heterocycles. The molecule has 0 amide bonds. The predicted molar refractivity (Wildman–Crippen MR) is 80.1 cm³/mol. The number of aliphatic hydroxyl groups is 1. The van der Waals surface area contributed by atoms with Crippen molar-refractivity contribution in [2.24, 2.45) is 7.05 Å². The Bertz CT molecular complexity index is 806. The van der Waals surface area contributed by atoms with Crippen molar-refractivity contribution in [1.82, 2.24) is 9.13 Å². The van der Waals surface area contributed by atoms with Crippen LogP contribution in [0.1, 0.15) is 17.5 Å². The van der Waals surface area contributed by atoms with Crippen molar-refractivity contribution >= 4 is 0 Å². The molecule has 5 heteroatoms. The summed E-state index contributed by atoms with van der Waals surface area (Å²) < 4.78 is 2.54. The zero-order chi connectivity index (χ0) is 15.2. The van der Waals surface area contributed by atoms with Gasteiger partial charge in [0.05, 0.1) is 13.2 Å². The maximum absolute atomic E-state index is 12.0. The highest BCUT2D eigenvalue weighted by molar-refractivity contribution is 5.41. The smallest absolute Gasteiger partial charge is 0.331 e. The molecule has 21 heavy (non-hydrogen) atoms. The second-order valence-corrected chi connectivity index (χ2v) is 4.57. The molecular weight excluding hydrogens is 268 g/mol. The highest BCUT2D eigenvalue weighted by atomic mass is 16.2. The van der Waals surface area contributed by atoms with Crippen molar-refractivity contribution in [3.8, 4) is 11.8 Å². The van der Waals surface area contributed by atoms with E-state index in [1.807, 2.05) is 24.3 Å². The Hall–Kier alpha value is -2.58. The largest absolute Gasteiger partial charge is 0.395 e. The van der Waals surface area contributed by atoms with Gasteiger partial charge in [0, 0.05) is 31.3 Å². The van der Waals surface area contributed by atoms with Crippen LogP contribution in [0.25, 0.3) is 0 Å². The van der Waals surface area contributed by atoms with E-state index in [9.17, 15) is 9.59 Å². The van der Waals surface area contributed by atoms with E-state index in [-0.39, 0.29) is 24.4 Å². The van der Waals surface area contributed by atoms with Crippen molar-refractivity contribution in [3.63, 3.8) is 0 Å². The average Bonchev–Trinajstić information content (AvgIpc) is 2.49. The van der Waals surface area contributed by atoms with Crippen molar-refractivity contribution in [2.75, 3.05) is 6.61 Å². The van der Waals surface area contributed by atoms with Gasteiger partial charge in [0.25, 0.3) is 5.56 Å². The number of nitrogens with zero attached hydrogens (tertiary/aromatic N) is 2. The number of benzene rings is 1. The summed E-state index contributed by atoms with van der Waals surface area (Å²) in [6, 6.07) is 8.71. The summed E-state index contributed by atoms with van der Waals surface area (Å²) in [5, 5.41) is 8.76. The molecular formula is C16H16N2O3. The van der Waals surface area contributed by atoms with Gasteiger partial charge in [0.1, 0.15) is 0 Å². The highest BCUT2D eigenvalue weighted by Crippen LogP contribution is 2.07. The van der Waals surface area contributed by atoms with Crippen LogP contribution >= 0.6 is 0 Å². The molecule has 0 aliphatic rings. The molecule has 0 unspecified atom stereocenters. The van der Waals surface area contributed by atoms with Crippen molar-refractivity contribution in [3.05, 3.63) is 68.5 Å². The van der Waals surface area contributed by atoms with Crippen molar-refractivity contribution in [2.45, 2.75) is 13.0 Å². The lowest BCUT2D eigenvalue weighted by Gasteiger charge is -2.08. The third kappa shape index (κ3) is 3.50. The number of aromatic nitrogens is 2. The topological polar surface area (TPSA) is 64.2 Å². The zero-order valence-electron chi connectivity index (χ0n) is 11.7. The van der Waals surface area contributed by atoms with Gasteiger partial charge < -0.3 is 9.67 Å². The minimum absolute atomic E-state index is 0.00779. The third-order valence-corrected chi connectivity index (χ3v) is 3.05. The zero-order valence-corrected chi connectivity index (χ0v) is 11.7. The minimum Gasteiger partial charge on any atom is -0.395 e. The normalized spacial score (nSPS) is 10.0. The third-order valence-electron chi connectivity index (χ3n) is 3.05. The number of aliphatic hydroxyl groups excluding tert-OH is 1. The molecule has 1 aromatic carbocycles. The lowest BCUT2D eigenvalue weighted by molar-refractivity contribution is 0.305. The molecule has 0 spiro atoms. The first-order valence-corrected chi connectivity index (χ1v) is 6.57. The molecule has 2 rings (SSSR count). The highest BCUT2D eigenvalue weighted by Gasteiger charge is 2.06. The molecule has 0 bridgehead atoms. The minimum atomic E-state index is -0.361. The fourth-order valence-corrected chi connectivity index (χ4v) is 1.92. The van der Waals surface area contributed by atoms with Crippen LogP contribution in [0.4, 0.5) is 0 Å². The molecule has 0 saturated heterocycles. The van der Waals surface area contributed by atoms with Crippen LogP contribution in [0.2, 0.25) is 0 Å². The first-order valence-electron chi connectivity index (χ1n) is 6.57. The summed E-state index contributed by atoms with van der Waals surface area (Å²) in [6.45, 7) is 0.185. The number of aryl methyl sites for hydroxylation is 1. The number of rotatable bonds is 3. The molecule has 0 aliphatic heterocycles.